The molecule has 0 fully saturated rings. The molecule has 25 heavy (non-hydrogen) atoms. The SMILES string of the molecule is CCOC(OCC)N(C)C.COC(=O)CC(=O)c1cc(Br)ccc1C. The van der Waals surface area contributed by atoms with Crippen LogP contribution in [0.25, 0.3) is 0 Å². The van der Waals surface area contributed by atoms with Crippen molar-refractivity contribution in [2.24, 2.45) is 0 Å². The number of methoxy groups -OCH3 is 1. The molecule has 1 rings (SSSR count). The summed E-state index contributed by atoms with van der Waals surface area (Å²) in [5.41, 5.74) is 1.40. The molecule has 7 heteroatoms. The van der Waals surface area contributed by atoms with Gasteiger partial charge in [0.25, 0.3) is 0 Å². The highest BCUT2D eigenvalue weighted by Gasteiger charge is 2.14. The van der Waals surface area contributed by atoms with Crippen LogP contribution in [0.2, 0.25) is 0 Å². The Hall–Kier alpha value is -1.28. The summed E-state index contributed by atoms with van der Waals surface area (Å²) >= 11 is 3.28. The number of carbonyl (C=O) groups excluding carboxylic acids is 2. The molecular weight excluding hydrogens is 390 g/mol. The van der Waals surface area contributed by atoms with Crippen LogP contribution < -0.4 is 0 Å². The van der Waals surface area contributed by atoms with Gasteiger partial charge in [0, 0.05) is 23.2 Å². The number of carbonyl (C=O) groups is 2. The van der Waals surface area contributed by atoms with Gasteiger partial charge in [-0.05, 0) is 52.6 Å². The van der Waals surface area contributed by atoms with Crippen LogP contribution in [0.1, 0.15) is 36.2 Å². The number of halogens is 1. The Morgan fingerprint density at radius 2 is 1.72 bits per heavy atom. The standard InChI is InChI=1S/C11H11BrO3.C7H17NO2/c1-7-3-4-8(12)5-9(7)10(13)6-11(14)15-2;1-5-9-7(8(3)4)10-6-2/h3-5H,6H2,1-2H3;7H,5-6H2,1-4H3. The summed E-state index contributed by atoms with van der Waals surface area (Å²) < 4.78 is 15.8. The van der Waals surface area contributed by atoms with Crippen LogP contribution in [0.15, 0.2) is 22.7 Å². The van der Waals surface area contributed by atoms with E-state index in [2.05, 4.69) is 20.7 Å². The second-order valence-electron chi connectivity index (χ2n) is 5.32. The number of hydrogen-bond acceptors (Lipinski definition) is 6. The van der Waals surface area contributed by atoms with Gasteiger partial charge in [-0.25, -0.2) is 0 Å². The van der Waals surface area contributed by atoms with Gasteiger partial charge in [-0.15, -0.1) is 0 Å². The van der Waals surface area contributed by atoms with Crippen molar-refractivity contribution in [1.82, 2.24) is 4.90 Å². The van der Waals surface area contributed by atoms with Gasteiger partial charge in [0.15, 0.2) is 5.78 Å². The number of nitrogens with zero attached hydrogens (tertiary/aromatic N) is 1. The van der Waals surface area contributed by atoms with E-state index in [1.807, 2.05) is 51.9 Å². The largest absolute Gasteiger partial charge is 0.469 e. The molecule has 0 spiro atoms. The molecule has 0 unspecified atom stereocenters. The molecule has 6 nitrogen and oxygen atoms in total. The van der Waals surface area contributed by atoms with Crippen LogP contribution in [0.3, 0.4) is 0 Å². The van der Waals surface area contributed by atoms with Crippen molar-refractivity contribution < 1.29 is 23.8 Å². The van der Waals surface area contributed by atoms with E-state index in [1.165, 1.54) is 7.11 Å². The van der Waals surface area contributed by atoms with Crippen molar-refractivity contribution >= 4 is 27.7 Å². The van der Waals surface area contributed by atoms with Gasteiger partial charge < -0.3 is 14.2 Å². The number of ketones is 1. The maximum absolute atomic E-state index is 11.7. The Bertz CT molecular complexity index is 542. The Kier molecular flexibility index (Phi) is 12.3. The molecule has 0 heterocycles. The zero-order chi connectivity index (χ0) is 19.4. The van der Waals surface area contributed by atoms with Gasteiger partial charge in [0.1, 0.15) is 6.42 Å². The number of Topliss-reactive ketones (excluding diaryl/α,β-unsaturated/α-hetero) is 1. The van der Waals surface area contributed by atoms with E-state index in [1.54, 1.807) is 6.07 Å². The first-order valence-electron chi connectivity index (χ1n) is 8.02. The average Bonchev–Trinajstić information content (AvgIpc) is 2.57. The van der Waals surface area contributed by atoms with Gasteiger partial charge in [-0.3, -0.25) is 14.5 Å². The van der Waals surface area contributed by atoms with Crippen molar-refractivity contribution in [1.29, 1.82) is 0 Å². The van der Waals surface area contributed by atoms with Crippen LogP contribution in [-0.2, 0) is 19.0 Å². The van der Waals surface area contributed by atoms with E-state index >= 15 is 0 Å². The Balaban J connectivity index is 0.000000504. The second kappa shape index (κ2) is 13.0. The van der Waals surface area contributed by atoms with Crippen molar-refractivity contribution in [3.05, 3.63) is 33.8 Å². The fraction of sp³-hybridized carbons (Fsp3) is 0.556. The van der Waals surface area contributed by atoms with Crippen molar-refractivity contribution in [3.8, 4) is 0 Å². The van der Waals surface area contributed by atoms with Gasteiger partial charge >= 0.3 is 5.97 Å². The van der Waals surface area contributed by atoms with E-state index in [-0.39, 0.29) is 18.6 Å². The van der Waals surface area contributed by atoms with Crippen LogP contribution in [0.4, 0.5) is 0 Å². The third-order valence-corrected chi connectivity index (χ3v) is 3.57. The molecule has 0 atom stereocenters. The molecule has 0 saturated heterocycles. The molecule has 0 aliphatic rings. The third-order valence-electron chi connectivity index (χ3n) is 3.07. The normalized spacial score (nSPS) is 10.4. The number of hydrogen-bond donors (Lipinski definition) is 0. The van der Waals surface area contributed by atoms with Crippen molar-refractivity contribution in [2.75, 3.05) is 34.4 Å². The third kappa shape index (κ3) is 9.69. The van der Waals surface area contributed by atoms with E-state index < -0.39 is 5.97 Å². The minimum Gasteiger partial charge on any atom is -0.469 e. The molecule has 0 N–H and O–H groups in total. The number of ether oxygens (including phenoxy) is 3. The maximum Gasteiger partial charge on any atom is 0.313 e. The molecule has 1 aromatic carbocycles. The summed E-state index contributed by atoms with van der Waals surface area (Å²) in [5.74, 6) is -0.736. The van der Waals surface area contributed by atoms with E-state index in [0.717, 1.165) is 10.0 Å². The Labute approximate surface area is 158 Å². The number of benzene rings is 1. The van der Waals surface area contributed by atoms with Crippen LogP contribution in [0, 0.1) is 6.92 Å². The predicted octanol–water partition coefficient (Wildman–Crippen LogP) is 3.41. The Morgan fingerprint density at radius 1 is 1.16 bits per heavy atom. The van der Waals surface area contributed by atoms with E-state index in [9.17, 15) is 9.59 Å². The molecule has 0 saturated carbocycles. The van der Waals surface area contributed by atoms with Gasteiger partial charge in [0.2, 0.25) is 6.41 Å². The lowest BCUT2D eigenvalue weighted by atomic mass is 10.0. The summed E-state index contributed by atoms with van der Waals surface area (Å²) in [6.45, 7) is 7.10. The molecule has 1 aromatic rings. The average molecular weight is 418 g/mol. The molecule has 0 aliphatic carbocycles. The van der Waals surface area contributed by atoms with Gasteiger partial charge in [-0.2, -0.15) is 0 Å². The Morgan fingerprint density at radius 3 is 2.16 bits per heavy atom. The smallest absolute Gasteiger partial charge is 0.313 e. The minimum atomic E-state index is -0.514. The van der Waals surface area contributed by atoms with Crippen molar-refractivity contribution in [2.45, 2.75) is 33.6 Å². The first-order chi connectivity index (χ1) is 11.8. The summed E-state index contributed by atoms with van der Waals surface area (Å²) in [5, 5.41) is 0. The molecule has 142 valence electrons. The summed E-state index contributed by atoms with van der Waals surface area (Å²) in [7, 11) is 5.12. The number of aryl methyl sites for hydroxylation is 1. The fourth-order valence-corrected chi connectivity index (χ4v) is 2.19. The van der Waals surface area contributed by atoms with Crippen LogP contribution in [0.5, 0.6) is 0 Å². The lowest BCUT2D eigenvalue weighted by Gasteiger charge is -2.22. The first kappa shape index (κ1) is 23.7. The molecule has 0 bridgehead atoms. The first-order valence-corrected chi connectivity index (χ1v) is 8.81. The lowest BCUT2D eigenvalue weighted by Crippen LogP contribution is -2.33. The van der Waals surface area contributed by atoms with Gasteiger partial charge in [0.05, 0.1) is 7.11 Å². The van der Waals surface area contributed by atoms with Gasteiger partial charge in [-0.1, -0.05) is 22.0 Å². The monoisotopic (exact) mass is 417 g/mol. The van der Waals surface area contributed by atoms with Crippen molar-refractivity contribution in [3.63, 3.8) is 0 Å². The minimum absolute atomic E-state index is 0.185. The molecule has 0 aliphatic heterocycles. The highest BCUT2D eigenvalue weighted by atomic mass is 79.9. The maximum atomic E-state index is 11.7. The van der Waals surface area contributed by atoms with E-state index in [0.29, 0.717) is 18.8 Å². The van der Waals surface area contributed by atoms with Crippen LogP contribution >= 0.6 is 15.9 Å². The number of esters is 1. The van der Waals surface area contributed by atoms with E-state index in [4.69, 9.17) is 9.47 Å². The molecule has 0 amide bonds. The summed E-state index contributed by atoms with van der Waals surface area (Å²) in [6, 6.07) is 5.39. The summed E-state index contributed by atoms with van der Waals surface area (Å²) in [4.78, 5) is 24.5. The zero-order valence-corrected chi connectivity index (χ0v) is 17.4. The highest BCUT2D eigenvalue weighted by molar-refractivity contribution is 9.10. The fourth-order valence-electron chi connectivity index (χ4n) is 1.82. The van der Waals surface area contributed by atoms with Crippen LogP contribution in [-0.4, -0.2) is 57.5 Å². The predicted molar refractivity (Wildman–Crippen MR) is 101 cm³/mol. The number of rotatable bonds is 8. The highest BCUT2D eigenvalue weighted by Crippen LogP contribution is 2.17. The second-order valence-corrected chi connectivity index (χ2v) is 6.23. The zero-order valence-electron chi connectivity index (χ0n) is 15.8. The lowest BCUT2D eigenvalue weighted by molar-refractivity contribution is -0.206. The quantitative estimate of drug-likeness (QED) is 0.279. The molecule has 0 aromatic heterocycles. The topological polar surface area (TPSA) is 65.1 Å². The molecule has 0 radical (unpaired) electrons. The summed E-state index contributed by atoms with van der Waals surface area (Å²) in [6.07, 6.45) is -0.400. The molecular formula is C18H28BrNO5.